The lowest BCUT2D eigenvalue weighted by atomic mass is 10.1. The lowest BCUT2D eigenvalue weighted by molar-refractivity contribution is 0.560. The molecule has 0 saturated heterocycles. The summed E-state index contributed by atoms with van der Waals surface area (Å²) in [6, 6.07) is 19.2. The Bertz CT molecular complexity index is 925. The number of imidazole rings is 1. The van der Waals surface area contributed by atoms with Crippen molar-refractivity contribution in [2.45, 2.75) is 19.4 Å². The summed E-state index contributed by atoms with van der Waals surface area (Å²) in [5.41, 5.74) is 4.49. The maximum absolute atomic E-state index is 4.53. The SMILES string of the molecule is CC(Cc1ccccc1)n1cnc2cnc3ccccc3c21. The van der Waals surface area contributed by atoms with E-state index >= 15 is 0 Å². The molecule has 2 heterocycles. The number of pyridine rings is 1. The first-order chi connectivity index (χ1) is 10.8. The summed E-state index contributed by atoms with van der Waals surface area (Å²) in [4.78, 5) is 9.02. The summed E-state index contributed by atoms with van der Waals surface area (Å²) in [5.74, 6) is 0. The van der Waals surface area contributed by atoms with Crippen molar-refractivity contribution in [3.63, 3.8) is 0 Å². The largest absolute Gasteiger partial charge is 0.327 e. The van der Waals surface area contributed by atoms with Crippen molar-refractivity contribution < 1.29 is 0 Å². The molecule has 0 amide bonds. The van der Waals surface area contributed by atoms with Crippen LogP contribution in [0.4, 0.5) is 0 Å². The summed E-state index contributed by atoms with van der Waals surface area (Å²) in [6.45, 7) is 2.24. The van der Waals surface area contributed by atoms with Crippen molar-refractivity contribution in [3.05, 3.63) is 72.7 Å². The van der Waals surface area contributed by atoms with Crippen LogP contribution in [0.15, 0.2) is 67.1 Å². The standard InChI is InChI=1S/C19H17N3/c1-14(11-15-7-3-2-4-8-15)22-13-21-18-12-20-17-10-6-5-9-16(17)19(18)22/h2-10,12-14H,11H2,1H3. The topological polar surface area (TPSA) is 30.7 Å². The molecular formula is C19H17N3. The van der Waals surface area contributed by atoms with E-state index in [1.165, 1.54) is 11.1 Å². The third-order valence-electron chi connectivity index (χ3n) is 4.16. The fourth-order valence-corrected chi connectivity index (χ4v) is 3.05. The van der Waals surface area contributed by atoms with E-state index in [0.717, 1.165) is 22.8 Å². The number of rotatable bonds is 3. The van der Waals surface area contributed by atoms with Gasteiger partial charge in [-0.25, -0.2) is 4.98 Å². The molecule has 0 spiro atoms. The molecule has 4 aromatic rings. The van der Waals surface area contributed by atoms with E-state index in [1.807, 2.05) is 24.7 Å². The molecule has 1 unspecified atom stereocenters. The van der Waals surface area contributed by atoms with Gasteiger partial charge in [-0.05, 0) is 25.0 Å². The Hall–Kier alpha value is -2.68. The van der Waals surface area contributed by atoms with Gasteiger partial charge in [0.2, 0.25) is 0 Å². The van der Waals surface area contributed by atoms with Crippen LogP contribution in [0.1, 0.15) is 18.5 Å². The van der Waals surface area contributed by atoms with Crippen molar-refractivity contribution in [2.24, 2.45) is 0 Å². The molecule has 0 aliphatic rings. The highest BCUT2D eigenvalue weighted by Crippen LogP contribution is 2.26. The van der Waals surface area contributed by atoms with Crippen molar-refractivity contribution in [2.75, 3.05) is 0 Å². The lowest BCUT2D eigenvalue weighted by Gasteiger charge is -2.15. The van der Waals surface area contributed by atoms with Gasteiger partial charge in [0.15, 0.2) is 0 Å². The van der Waals surface area contributed by atoms with E-state index in [2.05, 4.69) is 63.9 Å². The van der Waals surface area contributed by atoms with Crippen LogP contribution in [0.2, 0.25) is 0 Å². The Morgan fingerprint density at radius 2 is 1.68 bits per heavy atom. The second kappa shape index (κ2) is 5.26. The molecule has 0 aliphatic carbocycles. The first-order valence-corrected chi connectivity index (χ1v) is 7.57. The molecule has 2 aromatic carbocycles. The predicted molar refractivity (Wildman–Crippen MR) is 89.9 cm³/mol. The van der Waals surface area contributed by atoms with Crippen LogP contribution in [0.5, 0.6) is 0 Å². The minimum atomic E-state index is 0.346. The minimum absolute atomic E-state index is 0.346. The van der Waals surface area contributed by atoms with Crippen LogP contribution in [0.25, 0.3) is 21.9 Å². The third-order valence-corrected chi connectivity index (χ3v) is 4.16. The number of para-hydroxylation sites is 1. The molecular weight excluding hydrogens is 270 g/mol. The zero-order valence-corrected chi connectivity index (χ0v) is 12.5. The van der Waals surface area contributed by atoms with E-state index in [-0.39, 0.29) is 0 Å². The van der Waals surface area contributed by atoms with Gasteiger partial charge in [-0.1, -0.05) is 48.5 Å². The van der Waals surface area contributed by atoms with Gasteiger partial charge in [0.05, 0.1) is 23.6 Å². The summed E-state index contributed by atoms with van der Waals surface area (Å²) in [5, 5.41) is 1.16. The monoisotopic (exact) mass is 287 g/mol. The highest BCUT2D eigenvalue weighted by atomic mass is 15.1. The first kappa shape index (κ1) is 13.0. The second-order valence-electron chi connectivity index (χ2n) is 5.70. The van der Waals surface area contributed by atoms with Gasteiger partial charge < -0.3 is 4.57 Å². The van der Waals surface area contributed by atoms with Crippen molar-refractivity contribution in [3.8, 4) is 0 Å². The number of fused-ring (bicyclic) bond motifs is 3. The highest BCUT2D eigenvalue weighted by molar-refractivity contribution is 6.01. The van der Waals surface area contributed by atoms with Crippen LogP contribution < -0.4 is 0 Å². The molecule has 0 fully saturated rings. The zero-order valence-electron chi connectivity index (χ0n) is 12.5. The molecule has 108 valence electrons. The summed E-state index contributed by atoms with van der Waals surface area (Å²) in [6.07, 6.45) is 4.79. The molecule has 0 aliphatic heterocycles. The molecule has 0 saturated carbocycles. The van der Waals surface area contributed by atoms with Gasteiger partial charge in [0, 0.05) is 11.4 Å². The van der Waals surface area contributed by atoms with Crippen molar-refractivity contribution in [1.29, 1.82) is 0 Å². The molecule has 0 N–H and O–H groups in total. The van der Waals surface area contributed by atoms with Crippen LogP contribution >= 0.6 is 0 Å². The number of benzene rings is 2. The maximum atomic E-state index is 4.53. The van der Waals surface area contributed by atoms with E-state index in [9.17, 15) is 0 Å². The zero-order chi connectivity index (χ0) is 14.9. The van der Waals surface area contributed by atoms with Crippen LogP contribution in [-0.4, -0.2) is 14.5 Å². The summed E-state index contributed by atoms with van der Waals surface area (Å²) in [7, 11) is 0. The van der Waals surface area contributed by atoms with Crippen LogP contribution in [0.3, 0.4) is 0 Å². The highest BCUT2D eigenvalue weighted by Gasteiger charge is 2.13. The Morgan fingerprint density at radius 1 is 0.909 bits per heavy atom. The van der Waals surface area contributed by atoms with Gasteiger partial charge in [-0.15, -0.1) is 0 Å². The molecule has 4 rings (SSSR count). The average Bonchev–Trinajstić information content (AvgIpc) is 3.00. The molecule has 0 bridgehead atoms. The Labute approximate surface area is 129 Å². The fraction of sp³-hybridized carbons (Fsp3) is 0.158. The fourth-order valence-electron chi connectivity index (χ4n) is 3.05. The van der Waals surface area contributed by atoms with E-state index in [1.54, 1.807) is 0 Å². The van der Waals surface area contributed by atoms with Gasteiger partial charge >= 0.3 is 0 Å². The Morgan fingerprint density at radius 3 is 2.55 bits per heavy atom. The maximum Gasteiger partial charge on any atom is 0.107 e. The van der Waals surface area contributed by atoms with Gasteiger partial charge in [-0.3, -0.25) is 4.98 Å². The lowest BCUT2D eigenvalue weighted by Crippen LogP contribution is -2.07. The smallest absolute Gasteiger partial charge is 0.107 e. The average molecular weight is 287 g/mol. The predicted octanol–water partition coefficient (Wildman–Crippen LogP) is 4.39. The quantitative estimate of drug-likeness (QED) is 0.559. The van der Waals surface area contributed by atoms with Crippen LogP contribution in [-0.2, 0) is 6.42 Å². The molecule has 1 atom stereocenters. The minimum Gasteiger partial charge on any atom is -0.327 e. The third kappa shape index (κ3) is 2.15. The van der Waals surface area contributed by atoms with E-state index in [4.69, 9.17) is 0 Å². The molecule has 0 radical (unpaired) electrons. The number of aromatic nitrogens is 3. The molecule has 22 heavy (non-hydrogen) atoms. The van der Waals surface area contributed by atoms with E-state index in [0.29, 0.717) is 6.04 Å². The number of hydrogen-bond donors (Lipinski definition) is 0. The van der Waals surface area contributed by atoms with Crippen LogP contribution in [0, 0.1) is 0 Å². The number of hydrogen-bond acceptors (Lipinski definition) is 2. The second-order valence-corrected chi connectivity index (χ2v) is 5.70. The molecule has 3 nitrogen and oxygen atoms in total. The Balaban J connectivity index is 1.83. The molecule has 3 heteroatoms. The molecule has 2 aromatic heterocycles. The van der Waals surface area contributed by atoms with E-state index < -0.39 is 0 Å². The van der Waals surface area contributed by atoms with Crippen molar-refractivity contribution >= 4 is 21.9 Å². The first-order valence-electron chi connectivity index (χ1n) is 7.57. The van der Waals surface area contributed by atoms with Gasteiger partial charge in [0.1, 0.15) is 5.52 Å². The number of nitrogens with zero attached hydrogens (tertiary/aromatic N) is 3. The summed E-state index contributed by atoms with van der Waals surface area (Å²) >= 11 is 0. The van der Waals surface area contributed by atoms with Gasteiger partial charge in [-0.2, -0.15) is 0 Å². The normalized spacial score (nSPS) is 12.8. The van der Waals surface area contributed by atoms with Gasteiger partial charge in [0.25, 0.3) is 0 Å². The van der Waals surface area contributed by atoms with Crippen molar-refractivity contribution in [1.82, 2.24) is 14.5 Å². The Kier molecular flexibility index (Phi) is 3.11. The summed E-state index contributed by atoms with van der Waals surface area (Å²) < 4.78 is 2.27.